The van der Waals surface area contributed by atoms with E-state index in [1.54, 1.807) is 0 Å². The standard InChI is InChI=1S/C14H22N2O/c1-4-17-14-6-12(15)5-13(7-14)16-8-10(2)11(3)9-16/h5-7,10-11H,4,8-9,15H2,1-3H3. The Hall–Kier alpha value is -1.38. The summed E-state index contributed by atoms with van der Waals surface area (Å²) < 4.78 is 5.53. The number of ether oxygens (including phenoxy) is 1. The average Bonchev–Trinajstić information content (AvgIpc) is 2.59. The first-order chi connectivity index (χ1) is 8.10. The van der Waals surface area contributed by atoms with E-state index in [1.807, 2.05) is 19.1 Å². The fraction of sp³-hybridized carbons (Fsp3) is 0.571. The molecule has 1 aromatic carbocycles. The molecule has 0 radical (unpaired) electrons. The Morgan fingerprint density at radius 3 is 2.47 bits per heavy atom. The third-order valence-electron chi connectivity index (χ3n) is 3.58. The minimum Gasteiger partial charge on any atom is -0.494 e. The van der Waals surface area contributed by atoms with Crippen LogP contribution in [0.15, 0.2) is 18.2 Å². The zero-order valence-corrected chi connectivity index (χ0v) is 10.9. The zero-order chi connectivity index (χ0) is 12.4. The van der Waals surface area contributed by atoms with Gasteiger partial charge in [-0.1, -0.05) is 13.8 Å². The maximum atomic E-state index is 5.92. The fourth-order valence-corrected chi connectivity index (χ4v) is 2.38. The lowest BCUT2D eigenvalue weighted by Crippen LogP contribution is -2.19. The molecule has 17 heavy (non-hydrogen) atoms. The van der Waals surface area contributed by atoms with Crippen molar-refractivity contribution in [2.45, 2.75) is 20.8 Å². The Balaban J connectivity index is 2.20. The van der Waals surface area contributed by atoms with Crippen LogP contribution in [0.2, 0.25) is 0 Å². The molecule has 2 unspecified atom stereocenters. The molecule has 94 valence electrons. The summed E-state index contributed by atoms with van der Waals surface area (Å²) in [6.45, 7) is 9.49. The van der Waals surface area contributed by atoms with E-state index in [1.165, 1.54) is 5.69 Å². The van der Waals surface area contributed by atoms with E-state index in [2.05, 4.69) is 24.8 Å². The summed E-state index contributed by atoms with van der Waals surface area (Å²) in [4.78, 5) is 2.40. The van der Waals surface area contributed by atoms with Gasteiger partial charge in [-0.25, -0.2) is 0 Å². The quantitative estimate of drug-likeness (QED) is 0.817. The molecule has 0 aliphatic carbocycles. The van der Waals surface area contributed by atoms with Gasteiger partial charge in [0.15, 0.2) is 0 Å². The van der Waals surface area contributed by atoms with Crippen LogP contribution < -0.4 is 15.4 Å². The molecule has 2 N–H and O–H groups in total. The first-order valence-corrected chi connectivity index (χ1v) is 6.38. The molecular formula is C14H22N2O. The fourth-order valence-electron chi connectivity index (χ4n) is 2.38. The molecule has 0 bridgehead atoms. The van der Waals surface area contributed by atoms with Crippen molar-refractivity contribution in [3.63, 3.8) is 0 Å². The topological polar surface area (TPSA) is 38.5 Å². The normalized spacial score (nSPS) is 24.1. The zero-order valence-electron chi connectivity index (χ0n) is 10.9. The van der Waals surface area contributed by atoms with E-state index >= 15 is 0 Å². The van der Waals surface area contributed by atoms with Gasteiger partial charge in [0.1, 0.15) is 5.75 Å². The van der Waals surface area contributed by atoms with Gasteiger partial charge in [-0.15, -0.1) is 0 Å². The molecule has 1 saturated heterocycles. The van der Waals surface area contributed by atoms with Crippen molar-refractivity contribution in [3.8, 4) is 5.75 Å². The molecular weight excluding hydrogens is 212 g/mol. The van der Waals surface area contributed by atoms with Crippen molar-refractivity contribution in [1.29, 1.82) is 0 Å². The maximum absolute atomic E-state index is 5.92. The van der Waals surface area contributed by atoms with E-state index < -0.39 is 0 Å². The van der Waals surface area contributed by atoms with Crippen LogP contribution in [0.3, 0.4) is 0 Å². The summed E-state index contributed by atoms with van der Waals surface area (Å²) in [5, 5.41) is 0. The number of anilines is 2. The summed E-state index contributed by atoms with van der Waals surface area (Å²) in [7, 11) is 0. The van der Waals surface area contributed by atoms with Gasteiger partial charge >= 0.3 is 0 Å². The van der Waals surface area contributed by atoms with Gasteiger partial charge in [0.25, 0.3) is 0 Å². The Morgan fingerprint density at radius 2 is 1.88 bits per heavy atom. The molecule has 3 nitrogen and oxygen atoms in total. The minimum absolute atomic E-state index is 0.676. The Bertz CT molecular complexity index is 382. The minimum atomic E-state index is 0.676. The second-order valence-corrected chi connectivity index (χ2v) is 5.05. The predicted octanol–water partition coefficient (Wildman–Crippen LogP) is 2.76. The highest BCUT2D eigenvalue weighted by Crippen LogP contribution is 2.31. The lowest BCUT2D eigenvalue weighted by molar-refractivity contribution is 0.340. The van der Waals surface area contributed by atoms with Gasteiger partial charge in [-0.05, 0) is 24.8 Å². The van der Waals surface area contributed by atoms with Crippen molar-refractivity contribution >= 4 is 11.4 Å². The van der Waals surface area contributed by atoms with Crippen LogP contribution in [0.5, 0.6) is 5.75 Å². The van der Waals surface area contributed by atoms with E-state index in [0.29, 0.717) is 6.61 Å². The van der Waals surface area contributed by atoms with Gasteiger partial charge in [0, 0.05) is 36.6 Å². The lowest BCUT2D eigenvalue weighted by Gasteiger charge is -2.20. The summed E-state index contributed by atoms with van der Waals surface area (Å²) in [5.74, 6) is 2.36. The van der Waals surface area contributed by atoms with Crippen molar-refractivity contribution < 1.29 is 4.74 Å². The maximum Gasteiger partial charge on any atom is 0.123 e. The SMILES string of the molecule is CCOc1cc(N)cc(N2CC(C)C(C)C2)c1. The molecule has 1 fully saturated rings. The molecule has 0 saturated carbocycles. The molecule has 1 aromatic rings. The Morgan fingerprint density at radius 1 is 1.24 bits per heavy atom. The van der Waals surface area contributed by atoms with Crippen LogP contribution in [0.4, 0.5) is 11.4 Å². The third-order valence-corrected chi connectivity index (χ3v) is 3.58. The molecule has 0 aromatic heterocycles. The number of nitrogen functional groups attached to an aromatic ring is 1. The van der Waals surface area contributed by atoms with Crippen LogP contribution in [-0.2, 0) is 0 Å². The van der Waals surface area contributed by atoms with Crippen LogP contribution in [-0.4, -0.2) is 19.7 Å². The molecule has 0 spiro atoms. The summed E-state index contributed by atoms with van der Waals surface area (Å²) in [6.07, 6.45) is 0. The molecule has 0 amide bonds. The molecule has 1 heterocycles. The number of nitrogens with two attached hydrogens (primary N) is 1. The van der Waals surface area contributed by atoms with E-state index in [-0.39, 0.29) is 0 Å². The first-order valence-electron chi connectivity index (χ1n) is 6.38. The van der Waals surface area contributed by atoms with Crippen LogP contribution in [0, 0.1) is 11.8 Å². The number of nitrogens with zero attached hydrogens (tertiary/aromatic N) is 1. The summed E-state index contributed by atoms with van der Waals surface area (Å²) >= 11 is 0. The highest BCUT2D eigenvalue weighted by Gasteiger charge is 2.26. The molecule has 3 heteroatoms. The second-order valence-electron chi connectivity index (χ2n) is 5.05. The number of hydrogen-bond donors (Lipinski definition) is 1. The number of rotatable bonds is 3. The van der Waals surface area contributed by atoms with E-state index in [9.17, 15) is 0 Å². The van der Waals surface area contributed by atoms with Crippen LogP contribution >= 0.6 is 0 Å². The van der Waals surface area contributed by atoms with Crippen LogP contribution in [0.25, 0.3) is 0 Å². The first kappa shape index (κ1) is 12.1. The highest BCUT2D eigenvalue weighted by atomic mass is 16.5. The number of benzene rings is 1. The predicted molar refractivity (Wildman–Crippen MR) is 72.6 cm³/mol. The van der Waals surface area contributed by atoms with E-state index in [0.717, 1.165) is 36.4 Å². The molecule has 2 atom stereocenters. The van der Waals surface area contributed by atoms with Crippen molar-refractivity contribution in [2.75, 3.05) is 30.3 Å². The van der Waals surface area contributed by atoms with Crippen LogP contribution in [0.1, 0.15) is 20.8 Å². The summed E-state index contributed by atoms with van der Waals surface area (Å²) in [6, 6.07) is 6.01. The summed E-state index contributed by atoms with van der Waals surface area (Å²) in [5.41, 5.74) is 7.88. The van der Waals surface area contributed by atoms with Gasteiger partial charge in [-0.3, -0.25) is 0 Å². The highest BCUT2D eigenvalue weighted by molar-refractivity contribution is 5.61. The smallest absolute Gasteiger partial charge is 0.123 e. The molecule has 2 rings (SSSR count). The Kier molecular flexibility index (Phi) is 3.46. The van der Waals surface area contributed by atoms with Gasteiger partial charge < -0.3 is 15.4 Å². The van der Waals surface area contributed by atoms with Gasteiger partial charge in [0.2, 0.25) is 0 Å². The molecule has 1 aliphatic rings. The Labute approximate surface area is 104 Å². The monoisotopic (exact) mass is 234 g/mol. The second kappa shape index (κ2) is 4.86. The third kappa shape index (κ3) is 2.65. The average molecular weight is 234 g/mol. The van der Waals surface area contributed by atoms with E-state index in [4.69, 9.17) is 10.5 Å². The molecule has 1 aliphatic heterocycles. The van der Waals surface area contributed by atoms with Crippen molar-refractivity contribution in [3.05, 3.63) is 18.2 Å². The lowest BCUT2D eigenvalue weighted by atomic mass is 10.0. The largest absolute Gasteiger partial charge is 0.494 e. The van der Waals surface area contributed by atoms with Crippen molar-refractivity contribution in [2.24, 2.45) is 11.8 Å². The van der Waals surface area contributed by atoms with Crippen molar-refractivity contribution in [1.82, 2.24) is 0 Å². The van der Waals surface area contributed by atoms with Gasteiger partial charge in [-0.2, -0.15) is 0 Å². The van der Waals surface area contributed by atoms with Gasteiger partial charge in [0.05, 0.1) is 6.61 Å². The number of hydrogen-bond acceptors (Lipinski definition) is 3.